The summed E-state index contributed by atoms with van der Waals surface area (Å²) in [4.78, 5) is 27.1. The first-order valence-corrected chi connectivity index (χ1v) is 9.72. The van der Waals surface area contributed by atoms with E-state index in [-0.39, 0.29) is 17.7 Å². The van der Waals surface area contributed by atoms with E-state index >= 15 is 0 Å². The maximum atomic E-state index is 11.7. The molecule has 9 nitrogen and oxygen atoms in total. The molecule has 0 saturated carbocycles. The standard InChI is InChI=1S/C20H26N2O7/c23-18(20(26)27)16(19(24)25)17-13(2-1-12-3-6-21-10-12)9-15(11-22-17)29-14-4-7-28-8-5-14/h1-2,9,11-12,14,16,18,21,23H,3-8,10H2,(H,24,25)(H,26,27)/b2-1+/t12?,16?,18-/m1/s1. The molecule has 1 aromatic heterocycles. The van der Waals surface area contributed by atoms with Gasteiger partial charge in [-0.3, -0.25) is 9.78 Å². The van der Waals surface area contributed by atoms with Crippen LogP contribution in [0.1, 0.15) is 36.4 Å². The fourth-order valence-electron chi connectivity index (χ4n) is 3.54. The van der Waals surface area contributed by atoms with Gasteiger partial charge >= 0.3 is 11.9 Å². The van der Waals surface area contributed by atoms with Crippen LogP contribution in [0.3, 0.4) is 0 Å². The molecule has 1 aromatic rings. The predicted molar refractivity (Wildman–Crippen MR) is 103 cm³/mol. The first kappa shape index (κ1) is 21.2. The van der Waals surface area contributed by atoms with Crippen LogP contribution in [0.2, 0.25) is 0 Å². The molecular weight excluding hydrogens is 380 g/mol. The number of hydrogen-bond acceptors (Lipinski definition) is 7. The van der Waals surface area contributed by atoms with Gasteiger partial charge in [0.2, 0.25) is 0 Å². The van der Waals surface area contributed by atoms with Crippen LogP contribution in [0.25, 0.3) is 6.08 Å². The molecule has 4 N–H and O–H groups in total. The average molecular weight is 406 g/mol. The highest BCUT2D eigenvalue weighted by Crippen LogP contribution is 2.28. The number of carbonyl (C=O) groups is 2. The number of pyridine rings is 1. The lowest BCUT2D eigenvalue weighted by Gasteiger charge is -2.24. The summed E-state index contributed by atoms with van der Waals surface area (Å²) in [6.45, 7) is 2.95. The van der Waals surface area contributed by atoms with Crippen LogP contribution in [0.5, 0.6) is 5.75 Å². The maximum Gasteiger partial charge on any atom is 0.333 e. The van der Waals surface area contributed by atoms with E-state index in [4.69, 9.17) is 14.6 Å². The van der Waals surface area contributed by atoms with Gasteiger partial charge < -0.3 is 30.1 Å². The van der Waals surface area contributed by atoms with E-state index in [0.717, 1.165) is 32.4 Å². The van der Waals surface area contributed by atoms with Crippen LogP contribution in [-0.4, -0.2) is 70.8 Å². The lowest BCUT2D eigenvalue weighted by atomic mass is 9.93. The molecule has 2 aliphatic rings. The number of ether oxygens (including phenoxy) is 2. The number of carboxylic acid groups (broad SMARTS) is 2. The van der Waals surface area contributed by atoms with Gasteiger partial charge in [-0.05, 0) is 24.9 Å². The van der Waals surface area contributed by atoms with E-state index in [0.29, 0.717) is 24.5 Å². The number of rotatable bonds is 8. The molecule has 158 valence electrons. The minimum absolute atomic E-state index is 0.00562. The van der Waals surface area contributed by atoms with Crippen LogP contribution >= 0.6 is 0 Å². The van der Waals surface area contributed by atoms with Crippen molar-refractivity contribution in [3.8, 4) is 5.75 Å². The SMILES string of the molecule is O=C(O)C(c1ncc(OC2CCOCC2)cc1/C=C/C1CCNC1)[C@@H](O)C(=O)O. The molecule has 2 unspecified atom stereocenters. The van der Waals surface area contributed by atoms with Gasteiger partial charge in [0.25, 0.3) is 0 Å². The minimum atomic E-state index is -2.11. The van der Waals surface area contributed by atoms with Crippen molar-refractivity contribution in [3.05, 3.63) is 29.6 Å². The molecule has 2 saturated heterocycles. The number of aliphatic hydroxyl groups excluding tert-OH is 1. The summed E-state index contributed by atoms with van der Waals surface area (Å²) in [5.41, 5.74) is 0.420. The number of carboxylic acids is 2. The summed E-state index contributed by atoms with van der Waals surface area (Å²) in [5.74, 6) is -4.00. The van der Waals surface area contributed by atoms with Crippen molar-refractivity contribution in [1.29, 1.82) is 0 Å². The molecule has 2 aliphatic heterocycles. The highest BCUT2D eigenvalue weighted by atomic mass is 16.5. The quantitative estimate of drug-likeness (QED) is 0.495. The number of nitrogens with one attached hydrogen (secondary N) is 1. The normalized spacial score (nSPS) is 22.4. The van der Waals surface area contributed by atoms with Crippen LogP contribution in [0.15, 0.2) is 18.3 Å². The van der Waals surface area contributed by atoms with Crippen molar-refractivity contribution >= 4 is 18.0 Å². The maximum absolute atomic E-state index is 11.7. The molecule has 9 heteroatoms. The number of aromatic nitrogens is 1. The monoisotopic (exact) mass is 406 g/mol. The second kappa shape index (κ2) is 9.82. The summed E-state index contributed by atoms with van der Waals surface area (Å²) in [5, 5.41) is 31.9. The highest BCUT2D eigenvalue weighted by molar-refractivity contribution is 5.86. The molecule has 2 fully saturated rings. The van der Waals surface area contributed by atoms with Crippen molar-refractivity contribution in [2.24, 2.45) is 5.92 Å². The fourth-order valence-corrected chi connectivity index (χ4v) is 3.54. The van der Waals surface area contributed by atoms with Crippen molar-refractivity contribution in [1.82, 2.24) is 10.3 Å². The Morgan fingerprint density at radius 2 is 2.00 bits per heavy atom. The van der Waals surface area contributed by atoms with Gasteiger partial charge in [-0.1, -0.05) is 12.2 Å². The summed E-state index contributed by atoms with van der Waals surface area (Å²) >= 11 is 0. The molecule has 0 amide bonds. The van der Waals surface area contributed by atoms with Crippen LogP contribution in [0.4, 0.5) is 0 Å². The predicted octanol–water partition coefficient (Wildman–Crippen LogP) is 0.876. The summed E-state index contributed by atoms with van der Waals surface area (Å²) in [6.07, 6.45) is 5.38. The van der Waals surface area contributed by atoms with Crippen molar-refractivity contribution < 1.29 is 34.4 Å². The smallest absolute Gasteiger partial charge is 0.333 e. The summed E-state index contributed by atoms with van der Waals surface area (Å²) < 4.78 is 11.3. The Balaban J connectivity index is 1.91. The minimum Gasteiger partial charge on any atom is -0.489 e. The lowest BCUT2D eigenvalue weighted by Crippen LogP contribution is -2.34. The zero-order valence-corrected chi connectivity index (χ0v) is 16.0. The van der Waals surface area contributed by atoms with E-state index in [1.54, 1.807) is 12.1 Å². The van der Waals surface area contributed by atoms with E-state index in [1.807, 2.05) is 6.08 Å². The van der Waals surface area contributed by atoms with E-state index in [2.05, 4.69) is 10.3 Å². The van der Waals surface area contributed by atoms with Gasteiger partial charge in [0, 0.05) is 24.9 Å². The molecule has 29 heavy (non-hydrogen) atoms. The summed E-state index contributed by atoms with van der Waals surface area (Å²) in [7, 11) is 0. The van der Waals surface area contributed by atoms with Gasteiger partial charge in [0.15, 0.2) is 6.10 Å². The van der Waals surface area contributed by atoms with Crippen LogP contribution in [0, 0.1) is 5.92 Å². The Hall–Kier alpha value is -2.49. The first-order chi connectivity index (χ1) is 14.0. The molecule has 0 bridgehead atoms. The van der Waals surface area contributed by atoms with E-state index in [9.17, 15) is 19.8 Å². The molecule has 3 heterocycles. The number of hydrogen-bond donors (Lipinski definition) is 4. The Labute approximate surface area is 168 Å². The number of nitrogens with zero attached hydrogens (tertiary/aromatic N) is 1. The van der Waals surface area contributed by atoms with E-state index in [1.165, 1.54) is 6.20 Å². The molecule has 3 rings (SSSR count). The van der Waals surface area contributed by atoms with Gasteiger partial charge in [-0.2, -0.15) is 0 Å². The van der Waals surface area contributed by atoms with Gasteiger partial charge in [0.05, 0.1) is 25.1 Å². The van der Waals surface area contributed by atoms with Gasteiger partial charge in [-0.15, -0.1) is 0 Å². The third kappa shape index (κ3) is 5.53. The molecule has 3 atom stereocenters. The Kier molecular flexibility index (Phi) is 7.18. The zero-order valence-electron chi connectivity index (χ0n) is 16.0. The van der Waals surface area contributed by atoms with Crippen molar-refractivity contribution in [2.75, 3.05) is 26.3 Å². The Morgan fingerprint density at radius 3 is 2.62 bits per heavy atom. The third-order valence-corrected chi connectivity index (χ3v) is 5.17. The second-order valence-corrected chi connectivity index (χ2v) is 7.29. The van der Waals surface area contributed by atoms with Crippen molar-refractivity contribution in [2.45, 2.75) is 37.4 Å². The molecule has 0 radical (unpaired) electrons. The van der Waals surface area contributed by atoms with Crippen LogP contribution in [-0.2, 0) is 14.3 Å². The Bertz CT molecular complexity index is 755. The van der Waals surface area contributed by atoms with Gasteiger partial charge in [-0.25, -0.2) is 4.79 Å². The molecule has 0 aromatic carbocycles. The lowest BCUT2D eigenvalue weighted by molar-refractivity contribution is -0.155. The van der Waals surface area contributed by atoms with E-state index < -0.39 is 24.0 Å². The van der Waals surface area contributed by atoms with Gasteiger partial charge in [0.1, 0.15) is 17.8 Å². The number of aliphatic carboxylic acids is 2. The molecular formula is C20H26N2O7. The highest BCUT2D eigenvalue weighted by Gasteiger charge is 2.36. The topological polar surface area (TPSA) is 138 Å². The third-order valence-electron chi connectivity index (χ3n) is 5.17. The fraction of sp³-hybridized carbons (Fsp3) is 0.550. The first-order valence-electron chi connectivity index (χ1n) is 9.72. The second-order valence-electron chi connectivity index (χ2n) is 7.29. The largest absolute Gasteiger partial charge is 0.489 e. The average Bonchev–Trinajstić information content (AvgIpc) is 3.22. The Morgan fingerprint density at radius 1 is 1.24 bits per heavy atom. The summed E-state index contributed by atoms with van der Waals surface area (Å²) in [6, 6.07) is 1.65. The van der Waals surface area contributed by atoms with Crippen LogP contribution < -0.4 is 10.1 Å². The molecule has 0 spiro atoms. The molecule has 0 aliphatic carbocycles. The number of aliphatic hydroxyl groups is 1. The van der Waals surface area contributed by atoms with Crippen molar-refractivity contribution in [3.63, 3.8) is 0 Å². The zero-order chi connectivity index (χ0) is 20.8.